The summed E-state index contributed by atoms with van der Waals surface area (Å²) >= 11 is 0. The molecule has 20 heavy (non-hydrogen) atoms. The molecule has 112 valence electrons. The first-order chi connectivity index (χ1) is 9.51. The Balaban J connectivity index is 2.10. The molecule has 5 atom stereocenters. The van der Waals surface area contributed by atoms with E-state index < -0.39 is 10.8 Å². The van der Waals surface area contributed by atoms with Crippen molar-refractivity contribution in [3.8, 4) is 0 Å². The zero-order valence-corrected chi connectivity index (χ0v) is 13.9. The Labute approximate surface area is 125 Å². The highest BCUT2D eigenvalue weighted by molar-refractivity contribution is 7.84. The van der Waals surface area contributed by atoms with E-state index in [1.54, 1.807) is 0 Å². The molecule has 0 radical (unpaired) electrons. The highest BCUT2D eigenvalue weighted by Crippen LogP contribution is 2.33. The van der Waals surface area contributed by atoms with Crippen LogP contribution in [0.3, 0.4) is 0 Å². The summed E-state index contributed by atoms with van der Waals surface area (Å²) in [7, 11) is 1.20. The Kier molecular flexibility index (Phi) is 5.39. The predicted molar refractivity (Wildman–Crippen MR) is 87.2 cm³/mol. The summed E-state index contributed by atoms with van der Waals surface area (Å²) in [5.74, 6) is 1.94. The first-order valence-electron chi connectivity index (χ1n) is 7.61. The van der Waals surface area contributed by atoms with Crippen molar-refractivity contribution >= 4 is 10.8 Å². The minimum absolute atomic E-state index is 0.275. The summed E-state index contributed by atoms with van der Waals surface area (Å²) in [6, 6.07) is 8.79. The van der Waals surface area contributed by atoms with Gasteiger partial charge in [-0.05, 0) is 44.2 Å². The zero-order chi connectivity index (χ0) is 14.7. The first-order valence-corrected chi connectivity index (χ1v) is 8.99. The lowest BCUT2D eigenvalue weighted by Crippen LogP contribution is -2.49. The number of rotatable bonds is 4. The monoisotopic (exact) mass is 293 g/mol. The molecule has 1 saturated carbocycles. The summed E-state index contributed by atoms with van der Waals surface area (Å²) in [5, 5.41) is 3.67. The average molecular weight is 293 g/mol. The Morgan fingerprint density at radius 3 is 2.70 bits per heavy atom. The largest absolute Gasteiger partial charge is 0.316 e. The maximum Gasteiger partial charge on any atom is 0.0530 e. The van der Waals surface area contributed by atoms with E-state index in [0.717, 1.165) is 12.3 Å². The van der Waals surface area contributed by atoms with E-state index in [9.17, 15) is 4.21 Å². The zero-order valence-electron chi connectivity index (χ0n) is 13.1. The lowest BCUT2D eigenvalue weighted by molar-refractivity contribution is 0.253. The van der Waals surface area contributed by atoms with Crippen molar-refractivity contribution in [2.45, 2.75) is 50.7 Å². The lowest BCUT2D eigenvalue weighted by atomic mass is 9.80. The van der Waals surface area contributed by atoms with Crippen LogP contribution in [0.2, 0.25) is 0 Å². The molecule has 0 saturated heterocycles. The van der Waals surface area contributed by atoms with Gasteiger partial charge in [-0.3, -0.25) is 4.21 Å². The van der Waals surface area contributed by atoms with Crippen LogP contribution < -0.4 is 5.32 Å². The molecule has 0 bridgehead atoms. The van der Waals surface area contributed by atoms with Crippen LogP contribution >= 0.6 is 0 Å². The van der Waals surface area contributed by atoms with Crippen molar-refractivity contribution in [2.24, 2.45) is 11.8 Å². The van der Waals surface area contributed by atoms with Crippen LogP contribution in [0.5, 0.6) is 0 Å². The van der Waals surface area contributed by atoms with Gasteiger partial charge in [0.2, 0.25) is 0 Å². The number of aryl methyl sites for hydroxylation is 1. The predicted octanol–water partition coefficient (Wildman–Crippen LogP) is 3.27. The molecule has 5 unspecified atom stereocenters. The lowest BCUT2D eigenvalue weighted by Gasteiger charge is -2.39. The fraction of sp³-hybridized carbons (Fsp3) is 0.647. The van der Waals surface area contributed by atoms with Gasteiger partial charge in [0.25, 0.3) is 0 Å². The molecule has 1 fully saturated rings. The minimum atomic E-state index is -0.803. The molecule has 1 aliphatic carbocycles. The second-order valence-electron chi connectivity index (χ2n) is 6.43. The highest BCUT2D eigenvalue weighted by atomic mass is 32.2. The quantitative estimate of drug-likeness (QED) is 0.923. The fourth-order valence-electron chi connectivity index (χ4n) is 3.62. The summed E-state index contributed by atoms with van der Waals surface area (Å²) in [6.07, 6.45) is 2.34. The van der Waals surface area contributed by atoms with Crippen LogP contribution in [0.25, 0.3) is 0 Å². The Morgan fingerprint density at radius 1 is 1.30 bits per heavy atom. The number of hydrogen-bond acceptors (Lipinski definition) is 2. The molecule has 3 heteroatoms. The minimum Gasteiger partial charge on any atom is -0.316 e. The third kappa shape index (κ3) is 3.70. The number of nitrogens with one attached hydrogen (secondary N) is 1. The molecule has 1 aliphatic rings. The molecular formula is C17H27NOS. The molecule has 1 aromatic rings. The third-order valence-corrected chi connectivity index (χ3v) is 6.47. The van der Waals surface area contributed by atoms with E-state index >= 15 is 0 Å². The molecule has 0 amide bonds. The van der Waals surface area contributed by atoms with E-state index in [1.807, 2.05) is 7.05 Å². The molecular weight excluding hydrogens is 266 g/mol. The van der Waals surface area contributed by atoms with Crippen molar-refractivity contribution in [3.63, 3.8) is 0 Å². The maximum absolute atomic E-state index is 12.8. The molecule has 0 spiro atoms. The van der Waals surface area contributed by atoms with Gasteiger partial charge in [-0.25, -0.2) is 0 Å². The summed E-state index contributed by atoms with van der Waals surface area (Å²) < 4.78 is 12.8. The van der Waals surface area contributed by atoms with Gasteiger partial charge in [-0.15, -0.1) is 0 Å². The van der Waals surface area contributed by atoms with Gasteiger partial charge in [0.1, 0.15) is 0 Å². The highest BCUT2D eigenvalue weighted by Gasteiger charge is 2.36. The van der Waals surface area contributed by atoms with Crippen LogP contribution in [0.4, 0.5) is 0 Å². The summed E-state index contributed by atoms with van der Waals surface area (Å²) in [4.78, 5) is 0. The Morgan fingerprint density at radius 2 is 2.05 bits per heavy atom. The standard InChI is InChI=1S/C17H27NOS/c1-12-6-5-7-15(9-12)11-20(19)17-14(3)8-13(2)10-16(17)18-4/h5-7,9,13-14,16-18H,8,10-11H2,1-4H3. The van der Waals surface area contributed by atoms with Crippen molar-refractivity contribution in [2.75, 3.05) is 7.05 Å². The fourth-order valence-corrected chi connectivity index (χ4v) is 5.56. The normalized spacial score (nSPS) is 32.0. The average Bonchev–Trinajstić information content (AvgIpc) is 2.37. The van der Waals surface area contributed by atoms with Crippen molar-refractivity contribution in [3.05, 3.63) is 35.4 Å². The topological polar surface area (TPSA) is 29.1 Å². The van der Waals surface area contributed by atoms with Crippen LogP contribution in [0.1, 0.15) is 37.8 Å². The molecule has 2 nitrogen and oxygen atoms in total. The third-order valence-electron chi connectivity index (χ3n) is 4.45. The smallest absolute Gasteiger partial charge is 0.0530 e. The Hall–Kier alpha value is -0.670. The number of benzene rings is 1. The van der Waals surface area contributed by atoms with Gasteiger partial charge in [0.05, 0.1) is 5.25 Å². The SMILES string of the molecule is CNC1CC(C)CC(C)C1S(=O)Cc1cccc(C)c1. The maximum atomic E-state index is 12.8. The van der Waals surface area contributed by atoms with Crippen molar-refractivity contribution in [1.29, 1.82) is 0 Å². The van der Waals surface area contributed by atoms with Crippen LogP contribution in [-0.4, -0.2) is 22.5 Å². The van der Waals surface area contributed by atoms with Gasteiger partial charge >= 0.3 is 0 Å². The molecule has 1 aromatic carbocycles. The summed E-state index contributed by atoms with van der Waals surface area (Å²) in [5.41, 5.74) is 2.44. The van der Waals surface area contributed by atoms with Crippen molar-refractivity contribution in [1.82, 2.24) is 5.32 Å². The molecule has 0 aromatic heterocycles. The number of hydrogen-bond donors (Lipinski definition) is 1. The van der Waals surface area contributed by atoms with Gasteiger partial charge in [0.15, 0.2) is 0 Å². The second-order valence-corrected chi connectivity index (χ2v) is 8.02. The van der Waals surface area contributed by atoms with Crippen LogP contribution in [0.15, 0.2) is 24.3 Å². The molecule has 0 aliphatic heterocycles. The van der Waals surface area contributed by atoms with Gasteiger partial charge in [-0.1, -0.05) is 43.7 Å². The van der Waals surface area contributed by atoms with Gasteiger partial charge in [-0.2, -0.15) is 0 Å². The van der Waals surface area contributed by atoms with Gasteiger partial charge in [0, 0.05) is 22.6 Å². The van der Waals surface area contributed by atoms with Crippen LogP contribution in [-0.2, 0) is 16.6 Å². The molecule has 0 heterocycles. The van der Waals surface area contributed by atoms with Gasteiger partial charge < -0.3 is 5.32 Å². The van der Waals surface area contributed by atoms with Crippen LogP contribution in [0, 0.1) is 18.8 Å². The summed E-state index contributed by atoms with van der Waals surface area (Å²) in [6.45, 7) is 6.66. The first kappa shape index (κ1) is 15.7. The van der Waals surface area contributed by atoms with Crippen molar-refractivity contribution < 1.29 is 4.21 Å². The Bertz CT molecular complexity index is 474. The molecule has 1 N–H and O–H groups in total. The van der Waals surface area contributed by atoms with E-state index in [1.165, 1.54) is 17.5 Å². The van der Waals surface area contributed by atoms with E-state index in [4.69, 9.17) is 0 Å². The molecule has 2 rings (SSSR count). The van der Waals surface area contributed by atoms with E-state index in [-0.39, 0.29) is 5.25 Å². The second kappa shape index (κ2) is 6.86. The van der Waals surface area contributed by atoms with E-state index in [0.29, 0.717) is 17.7 Å². The van der Waals surface area contributed by atoms with E-state index in [2.05, 4.69) is 50.4 Å².